The number of nitriles is 2. The van der Waals surface area contributed by atoms with Crippen LogP contribution in [-0.2, 0) is 0 Å². The molecule has 0 aliphatic heterocycles. The first kappa shape index (κ1) is 39.7. The van der Waals surface area contributed by atoms with E-state index >= 15 is 0 Å². The van der Waals surface area contributed by atoms with Gasteiger partial charge in [-0.25, -0.2) is 14.8 Å². The van der Waals surface area contributed by atoms with Crippen molar-refractivity contribution in [1.82, 2.24) is 19.1 Å². The summed E-state index contributed by atoms with van der Waals surface area (Å²) >= 11 is 3.58. The second-order valence-corrected chi connectivity index (χ2v) is 19.5. The van der Waals surface area contributed by atoms with Gasteiger partial charge in [0, 0.05) is 73.0 Å². The number of nitrogens with zero attached hydrogens (tertiary/aromatic N) is 7. The molecular weight excluding hydrogens is 895 g/mol. The predicted octanol–water partition coefficient (Wildman–Crippen LogP) is 16.7. The summed E-state index contributed by atoms with van der Waals surface area (Å²) < 4.78 is 9.26. The first-order chi connectivity index (χ1) is 34.6. The lowest BCUT2D eigenvalue weighted by Gasteiger charge is -2.16. The largest absolute Gasteiger partial charge is 0.319 e. The third-order valence-electron chi connectivity index (χ3n) is 13.6. The fourth-order valence-corrected chi connectivity index (χ4v) is 12.9. The molecule has 0 saturated carbocycles. The summed E-state index contributed by atoms with van der Waals surface area (Å²) in [7, 11) is 0. The van der Waals surface area contributed by atoms with E-state index in [-0.39, 0.29) is 5.56 Å². The first-order valence-electron chi connectivity index (χ1n) is 22.7. The minimum absolute atomic E-state index is 0.243. The van der Waals surface area contributed by atoms with Gasteiger partial charge in [0.25, 0.3) is 0 Å². The van der Waals surface area contributed by atoms with Gasteiger partial charge >= 0.3 is 0 Å². The molecule has 0 aliphatic rings. The molecule has 14 aromatic rings. The molecule has 0 amide bonds. The van der Waals surface area contributed by atoms with Crippen LogP contribution in [0.25, 0.3) is 134 Å². The van der Waals surface area contributed by atoms with Gasteiger partial charge < -0.3 is 9.13 Å². The van der Waals surface area contributed by atoms with E-state index < -0.39 is 0 Å². The zero-order valence-corrected chi connectivity index (χ0v) is 38.5. The van der Waals surface area contributed by atoms with Crippen LogP contribution in [0.1, 0.15) is 11.1 Å². The molecule has 0 radical (unpaired) electrons. The first-order valence-corrected chi connectivity index (χ1v) is 24.3. The van der Waals surface area contributed by atoms with Crippen LogP contribution in [-0.4, -0.2) is 19.1 Å². The molecule has 322 valence electrons. The maximum absolute atomic E-state index is 11.1. The molecule has 9 heteroatoms. The van der Waals surface area contributed by atoms with Crippen LogP contribution in [0, 0.1) is 29.2 Å². The third-order valence-corrected chi connectivity index (χ3v) is 15.9. The Morgan fingerprint density at radius 2 is 0.929 bits per heavy atom. The van der Waals surface area contributed by atoms with Gasteiger partial charge in [-0.1, -0.05) is 115 Å². The average Bonchev–Trinajstić information content (AvgIpc) is 4.18. The van der Waals surface area contributed by atoms with Gasteiger partial charge in [-0.2, -0.15) is 10.5 Å². The van der Waals surface area contributed by atoms with Gasteiger partial charge in [0.15, 0.2) is 5.82 Å². The molecule has 70 heavy (non-hydrogen) atoms. The van der Waals surface area contributed by atoms with Crippen LogP contribution in [0.4, 0.5) is 5.69 Å². The summed E-state index contributed by atoms with van der Waals surface area (Å²) in [6.07, 6.45) is 0. The molecule has 7 nitrogen and oxygen atoms in total. The topological polar surface area (TPSA) is 87.6 Å². The number of rotatable bonds is 5. The van der Waals surface area contributed by atoms with Crippen molar-refractivity contribution in [3.8, 4) is 57.4 Å². The molecule has 0 bridgehead atoms. The Hall–Kier alpha value is -9.43. The summed E-state index contributed by atoms with van der Waals surface area (Å²) in [5.41, 5.74) is 9.30. The quantitative estimate of drug-likeness (QED) is 0.161. The number of fused-ring (bicyclic) bond motifs is 14. The van der Waals surface area contributed by atoms with E-state index in [1.165, 1.54) is 40.3 Å². The molecule has 0 unspecified atom stereocenters. The average molecular weight is 926 g/mol. The van der Waals surface area contributed by atoms with Gasteiger partial charge in [-0.15, -0.1) is 22.7 Å². The number of hydrogen-bond donors (Lipinski definition) is 0. The molecule has 9 aromatic carbocycles. The van der Waals surface area contributed by atoms with Crippen molar-refractivity contribution >= 4 is 112 Å². The van der Waals surface area contributed by atoms with E-state index in [2.05, 4.69) is 135 Å². The zero-order valence-electron chi connectivity index (χ0n) is 36.8. The summed E-state index contributed by atoms with van der Waals surface area (Å²) in [5.74, 6) is 0.421. The molecule has 5 aromatic heterocycles. The second kappa shape index (κ2) is 15.3. The smallest absolute Gasteiger partial charge is 0.211 e. The van der Waals surface area contributed by atoms with Crippen LogP contribution >= 0.6 is 22.7 Å². The van der Waals surface area contributed by atoms with E-state index in [4.69, 9.17) is 16.5 Å². The van der Waals surface area contributed by atoms with E-state index in [1.807, 2.05) is 78.9 Å². The Morgan fingerprint density at radius 1 is 0.429 bits per heavy atom. The SMILES string of the molecule is [C-]#[N+]c1cc(-c2nc(-c3ccccc3)nc(-c3ccc(-n4c5ccccc5c5c6c(ccc54)sc4ccccc46)c(C#N)c3)c2C#N)ccc1-n1c2ccccc2c2c3c(ccc21)sc1ccccc13. The van der Waals surface area contributed by atoms with Crippen molar-refractivity contribution in [3.63, 3.8) is 0 Å². The number of hydrogen-bond acceptors (Lipinski definition) is 6. The number of thiophene rings is 2. The van der Waals surface area contributed by atoms with E-state index in [1.54, 1.807) is 22.7 Å². The highest BCUT2D eigenvalue weighted by Gasteiger charge is 2.25. The fraction of sp³-hybridized carbons (Fsp3) is 0. The van der Waals surface area contributed by atoms with Crippen molar-refractivity contribution in [2.75, 3.05) is 0 Å². The van der Waals surface area contributed by atoms with Crippen LogP contribution in [0.3, 0.4) is 0 Å². The lowest BCUT2D eigenvalue weighted by molar-refractivity contribution is 1.15. The van der Waals surface area contributed by atoms with Crippen molar-refractivity contribution in [2.24, 2.45) is 0 Å². The van der Waals surface area contributed by atoms with Gasteiger partial charge in [0.2, 0.25) is 5.69 Å². The number of aromatic nitrogens is 4. The van der Waals surface area contributed by atoms with E-state index in [0.29, 0.717) is 39.6 Å². The van der Waals surface area contributed by atoms with Crippen molar-refractivity contribution in [3.05, 3.63) is 211 Å². The predicted molar refractivity (Wildman–Crippen MR) is 288 cm³/mol. The Balaban J connectivity index is 0.958. The van der Waals surface area contributed by atoms with Crippen LogP contribution < -0.4 is 0 Å². The summed E-state index contributed by atoms with van der Waals surface area (Å²) in [6.45, 7) is 8.60. The standard InChI is InChI=1S/C61H31N7S2/c1-64-44-32-37(24-26-48(44)68-47-20-10-6-16-40(47)56-50(68)28-30-54-58(56)42-18-8-12-22-52(42)70-54)60-43(34-63)59(65-61(66-60)35-13-3-2-4-14-35)36-23-25-45(38(31-36)33-62)67-46-19-9-5-15-39(46)55-49(67)27-29-53-57(55)41-17-7-11-21-51(41)69-53/h2-32H. The Morgan fingerprint density at radius 3 is 1.49 bits per heavy atom. The minimum Gasteiger partial charge on any atom is -0.319 e. The molecule has 5 heterocycles. The molecule has 0 fully saturated rings. The number of benzene rings is 9. The maximum Gasteiger partial charge on any atom is 0.211 e. The Labute approximate surface area is 407 Å². The van der Waals surface area contributed by atoms with Crippen molar-refractivity contribution in [1.29, 1.82) is 10.5 Å². The number of para-hydroxylation sites is 2. The second-order valence-electron chi connectivity index (χ2n) is 17.3. The normalized spacial score (nSPS) is 11.7. The third kappa shape index (κ3) is 5.70. The van der Waals surface area contributed by atoms with Gasteiger partial charge in [-0.3, -0.25) is 0 Å². The highest BCUT2D eigenvalue weighted by molar-refractivity contribution is 7.26. The van der Waals surface area contributed by atoms with Crippen LogP contribution in [0.2, 0.25) is 0 Å². The molecular formula is C61H31N7S2. The maximum atomic E-state index is 11.1. The van der Waals surface area contributed by atoms with Crippen LogP contribution in [0.15, 0.2) is 188 Å². The molecule has 0 saturated heterocycles. The van der Waals surface area contributed by atoms with Gasteiger partial charge in [-0.05, 0) is 78.4 Å². The Kier molecular flexibility index (Phi) is 8.68. The van der Waals surface area contributed by atoms with Crippen LogP contribution in [0.5, 0.6) is 0 Å². The molecule has 0 aliphatic carbocycles. The van der Waals surface area contributed by atoms with E-state index in [0.717, 1.165) is 60.5 Å². The van der Waals surface area contributed by atoms with E-state index in [9.17, 15) is 10.5 Å². The molecule has 0 atom stereocenters. The lowest BCUT2D eigenvalue weighted by atomic mass is 9.98. The Bertz CT molecular complexity index is 4430. The van der Waals surface area contributed by atoms with Crippen molar-refractivity contribution in [2.45, 2.75) is 0 Å². The van der Waals surface area contributed by atoms with Gasteiger partial charge in [0.1, 0.15) is 17.7 Å². The molecule has 0 spiro atoms. The highest BCUT2D eigenvalue weighted by Crippen LogP contribution is 2.47. The summed E-state index contributed by atoms with van der Waals surface area (Å²) in [5, 5.41) is 31.5. The summed E-state index contributed by atoms with van der Waals surface area (Å²) in [6, 6.07) is 68.7. The molecule has 0 N–H and O–H groups in total. The monoisotopic (exact) mass is 925 g/mol. The highest BCUT2D eigenvalue weighted by atomic mass is 32.1. The minimum atomic E-state index is 0.243. The van der Waals surface area contributed by atoms with Crippen molar-refractivity contribution < 1.29 is 0 Å². The van der Waals surface area contributed by atoms with Gasteiger partial charge in [0.05, 0.1) is 57.0 Å². The lowest BCUT2D eigenvalue weighted by Crippen LogP contribution is -2.03. The summed E-state index contributed by atoms with van der Waals surface area (Å²) in [4.78, 5) is 14.3. The molecule has 14 rings (SSSR count). The zero-order chi connectivity index (χ0) is 46.6. The fourth-order valence-electron chi connectivity index (χ4n) is 10.7.